The van der Waals surface area contributed by atoms with Gasteiger partial charge in [-0.1, -0.05) is 25.0 Å². The number of aliphatic imine (C=N–C) groups is 1. The van der Waals surface area contributed by atoms with E-state index in [2.05, 4.69) is 20.1 Å². The molecular formula is C20H33FN4. The number of nitrogens with one attached hydrogen (secondary N) is 1. The lowest BCUT2D eigenvalue weighted by molar-refractivity contribution is 0.224. The summed E-state index contributed by atoms with van der Waals surface area (Å²) in [6.07, 6.45) is 7.85. The van der Waals surface area contributed by atoms with Gasteiger partial charge < -0.3 is 15.1 Å². The summed E-state index contributed by atoms with van der Waals surface area (Å²) in [4.78, 5) is 9.02. The normalized spacial score (nSPS) is 16.0. The molecule has 1 fully saturated rings. The molecule has 1 heterocycles. The van der Waals surface area contributed by atoms with Crippen molar-refractivity contribution in [2.75, 3.05) is 40.3 Å². The van der Waals surface area contributed by atoms with Gasteiger partial charge >= 0.3 is 0 Å². The summed E-state index contributed by atoms with van der Waals surface area (Å²) < 4.78 is 13.0. The second-order valence-electron chi connectivity index (χ2n) is 6.92. The first-order valence-electron chi connectivity index (χ1n) is 9.57. The molecule has 5 heteroatoms. The maximum absolute atomic E-state index is 13.0. The average molecular weight is 349 g/mol. The van der Waals surface area contributed by atoms with Gasteiger partial charge in [-0.15, -0.1) is 0 Å². The molecule has 25 heavy (non-hydrogen) atoms. The molecule has 1 aromatic rings. The summed E-state index contributed by atoms with van der Waals surface area (Å²) in [7, 11) is 3.81. The minimum atomic E-state index is -0.196. The Morgan fingerprint density at radius 1 is 1.12 bits per heavy atom. The predicted octanol–water partition coefficient (Wildman–Crippen LogP) is 3.49. The van der Waals surface area contributed by atoms with E-state index >= 15 is 0 Å². The Kier molecular flexibility index (Phi) is 8.73. The highest BCUT2D eigenvalue weighted by molar-refractivity contribution is 5.79. The van der Waals surface area contributed by atoms with Crippen LogP contribution >= 0.6 is 0 Å². The molecule has 1 aliphatic rings. The maximum atomic E-state index is 13.0. The fourth-order valence-electron chi connectivity index (χ4n) is 3.34. The largest absolute Gasteiger partial charge is 0.356 e. The van der Waals surface area contributed by atoms with E-state index in [4.69, 9.17) is 0 Å². The number of piperidine rings is 1. The van der Waals surface area contributed by atoms with Crippen LogP contribution in [0.15, 0.2) is 29.3 Å². The Bertz CT molecular complexity index is 509. The number of hydrogen-bond donors (Lipinski definition) is 1. The molecule has 0 spiro atoms. The number of benzene rings is 1. The zero-order chi connectivity index (χ0) is 17.9. The summed E-state index contributed by atoms with van der Waals surface area (Å²) in [5, 5.41) is 3.43. The van der Waals surface area contributed by atoms with Crippen LogP contribution in [0, 0.1) is 5.82 Å². The maximum Gasteiger partial charge on any atom is 0.193 e. The first kappa shape index (κ1) is 19.7. The van der Waals surface area contributed by atoms with Crippen molar-refractivity contribution in [2.45, 2.75) is 45.1 Å². The molecule has 0 radical (unpaired) electrons. The number of guanidine groups is 1. The molecule has 1 aromatic carbocycles. The molecule has 0 aliphatic carbocycles. The van der Waals surface area contributed by atoms with Gasteiger partial charge in [0.2, 0.25) is 0 Å². The van der Waals surface area contributed by atoms with Crippen molar-refractivity contribution in [3.8, 4) is 0 Å². The fraction of sp³-hybridized carbons (Fsp3) is 0.650. The predicted molar refractivity (Wildman–Crippen MR) is 103 cm³/mol. The van der Waals surface area contributed by atoms with E-state index in [1.54, 1.807) is 7.05 Å². The van der Waals surface area contributed by atoms with Crippen molar-refractivity contribution < 1.29 is 4.39 Å². The second kappa shape index (κ2) is 11.1. The van der Waals surface area contributed by atoms with Gasteiger partial charge in [0, 0.05) is 27.2 Å². The summed E-state index contributed by atoms with van der Waals surface area (Å²) in [5.41, 5.74) is 1.08. The molecule has 1 N–H and O–H groups in total. The fourth-order valence-corrected chi connectivity index (χ4v) is 3.34. The number of halogens is 1. The summed E-state index contributed by atoms with van der Waals surface area (Å²) in [6.45, 7) is 5.49. The minimum Gasteiger partial charge on any atom is -0.356 e. The van der Waals surface area contributed by atoms with Crippen LogP contribution in [-0.2, 0) is 6.54 Å². The summed E-state index contributed by atoms with van der Waals surface area (Å²) in [5.74, 6) is 0.693. The highest BCUT2D eigenvalue weighted by Gasteiger charge is 2.09. The van der Waals surface area contributed by atoms with E-state index in [1.807, 2.05) is 19.2 Å². The van der Waals surface area contributed by atoms with Gasteiger partial charge in [-0.2, -0.15) is 0 Å². The van der Waals surface area contributed by atoms with Gasteiger partial charge in [-0.25, -0.2) is 4.39 Å². The van der Waals surface area contributed by atoms with Gasteiger partial charge in [0.05, 0.1) is 0 Å². The van der Waals surface area contributed by atoms with Crippen LogP contribution in [-0.4, -0.2) is 56.0 Å². The molecule has 0 aromatic heterocycles. The van der Waals surface area contributed by atoms with Gasteiger partial charge in [-0.05, 0) is 63.0 Å². The SMILES string of the molecule is CN=C(NCCCCCN1CCCCC1)N(C)Cc1ccc(F)cc1. The molecule has 2 rings (SSSR count). The van der Waals surface area contributed by atoms with Crippen LogP contribution in [0.25, 0.3) is 0 Å². The second-order valence-corrected chi connectivity index (χ2v) is 6.92. The van der Waals surface area contributed by atoms with Gasteiger partial charge in [0.1, 0.15) is 5.82 Å². The van der Waals surface area contributed by atoms with Crippen LogP contribution in [0.5, 0.6) is 0 Å². The Labute approximate surface area is 152 Å². The van der Waals surface area contributed by atoms with Crippen molar-refractivity contribution in [3.63, 3.8) is 0 Å². The van der Waals surface area contributed by atoms with E-state index in [1.165, 1.54) is 63.9 Å². The van der Waals surface area contributed by atoms with Crippen molar-refractivity contribution in [3.05, 3.63) is 35.6 Å². The first-order valence-corrected chi connectivity index (χ1v) is 9.57. The number of nitrogens with zero attached hydrogens (tertiary/aromatic N) is 3. The molecule has 0 atom stereocenters. The van der Waals surface area contributed by atoms with Crippen LogP contribution in [0.1, 0.15) is 44.1 Å². The summed E-state index contributed by atoms with van der Waals surface area (Å²) >= 11 is 0. The standard InChI is InChI=1S/C20H33FN4/c1-22-20(24(2)17-18-9-11-19(21)12-10-18)23-13-5-3-6-14-25-15-7-4-8-16-25/h9-12H,3-8,13-17H2,1-2H3,(H,22,23). The number of likely N-dealkylation sites (tertiary alicyclic amines) is 1. The third kappa shape index (κ3) is 7.43. The lowest BCUT2D eigenvalue weighted by atomic mass is 10.1. The zero-order valence-electron chi connectivity index (χ0n) is 15.8. The van der Waals surface area contributed by atoms with Gasteiger partial charge in [0.25, 0.3) is 0 Å². The molecule has 0 bridgehead atoms. The topological polar surface area (TPSA) is 30.9 Å². The third-order valence-electron chi connectivity index (χ3n) is 4.79. The van der Waals surface area contributed by atoms with Crippen molar-refractivity contribution in [2.24, 2.45) is 4.99 Å². The van der Waals surface area contributed by atoms with Crippen molar-refractivity contribution >= 4 is 5.96 Å². The molecule has 0 amide bonds. The van der Waals surface area contributed by atoms with E-state index < -0.39 is 0 Å². The molecule has 1 saturated heterocycles. The van der Waals surface area contributed by atoms with E-state index in [0.717, 1.165) is 31.0 Å². The highest BCUT2D eigenvalue weighted by Crippen LogP contribution is 2.10. The van der Waals surface area contributed by atoms with Crippen molar-refractivity contribution in [1.29, 1.82) is 0 Å². The monoisotopic (exact) mass is 348 g/mol. The number of hydrogen-bond acceptors (Lipinski definition) is 2. The lowest BCUT2D eigenvalue weighted by Crippen LogP contribution is -2.38. The van der Waals surface area contributed by atoms with Gasteiger partial charge in [0.15, 0.2) is 5.96 Å². The Hall–Kier alpha value is -1.62. The third-order valence-corrected chi connectivity index (χ3v) is 4.79. The highest BCUT2D eigenvalue weighted by atomic mass is 19.1. The average Bonchev–Trinajstić information content (AvgIpc) is 2.64. The molecule has 140 valence electrons. The molecule has 4 nitrogen and oxygen atoms in total. The number of rotatable bonds is 8. The van der Waals surface area contributed by atoms with E-state index in [0.29, 0.717) is 0 Å². The van der Waals surface area contributed by atoms with Crippen LogP contribution in [0.3, 0.4) is 0 Å². The Morgan fingerprint density at radius 3 is 2.52 bits per heavy atom. The van der Waals surface area contributed by atoms with Crippen LogP contribution in [0.2, 0.25) is 0 Å². The minimum absolute atomic E-state index is 0.196. The summed E-state index contributed by atoms with van der Waals surface area (Å²) in [6, 6.07) is 6.64. The quantitative estimate of drug-likeness (QED) is 0.443. The Balaban J connectivity index is 1.60. The molecule has 0 unspecified atom stereocenters. The smallest absolute Gasteiger partial charge is 0.193 e. The Morgan fingerprint density at radius 2 is 1.84 bits per heavy atom. The van der Waals surface area contributed by atoms with Gasteiger partial charge in [-0.3, -0.25) is 4.99 Å². The molecule has 0 saturated carbocycles. The first-order chi connectivity index (χ1) is 12.2. The zero-order valence-corrected chi connectivity index (χ0v) is 15.8. The molecular weight excluding hydrogens is 315 g/mol. The van der Waals surface area contributed by atoms with Crippen LogP contribution < -0.4 is 5.32 Å². The molecule has 1 aliphatic heterocycles. The van der Waals surface area contributed by atoms with Crippen molar-refractivity contribution in [1.82, 2.24) is 15.1 Å². The van der Waals surface area contributed by atoms with E-state index in [-0.39, 0.29) is 5.82 Å². The number of unbranched alkanes of at least 4 members (excludes halogenated alkanes) is 2. The lowest BCUT2D eigenvalue weighted by Gasteiger charge is -2.26. The van der Waals surface area contributed by atoms with E-state index in [9.17, 15) is 4.39 Å². The van der Waals surface area contributed by atoms with Crippen LogP contribution in [0.4, 0.5) is 4.39 Å².